The molecule has 1 aromatic carbocycles. The Labute approximate surface area is 141 Å². The van der Waals surface area contributed by atoms with Gasteiger partial charge in [0.25, 0.3) is 5.91 Å². The lowest BCUT2D eigenvalue weighted by Gasteiger charge is -2.05. The first-order chi connectivity index (χ1) is 11.7. The summed E-state index contributed by atoms with van der Waals surface area (Å²) in [6, 6.07) is 10.8. The Kier molecular flexibility index (Phi) is 5.19. The number of carbonyl (C=O) groups is 1. The average Bonchev–Trinajstić information content (AvgIpc) is 3.03. The van der Waals surface area contributed by atoms with Gasteiger partial charge in [-0.15, -0.1) is 0 Å². The van der Waals surface area contributed by atoms with E-state index in [0.29, 0.717) is 16.0 Å². The largest absolute Gasteiger partial charge is 0.453 e. The second-order valence-electron chi connectivity index (χ2n) is 4.67. The minimum Gasteiger partial charge on any atom is -0.453 e. The number of hydrogen-bond acceptors (Lipinski definition) is 6. The lowest BCUT2D eigenvalue weighted by molar-refractivity contribution is 0.0930. The van der Waals surface area contributed by atoms with Gasteiger partial charge in [0.05, 0.1) is 6.54 Å². The van der Waals surface area contributed by atoms with Crippen LogP contribution in [0.2, 0.25) is 0 Å². The normalized spacial score (nSPS) is 10.5. The predicted molar refractivity (Wildman–Crippen MR) is 85.6 cm³/mol. The molecule has 8 heteroatoms. The molecule has 1 amide bonds. The molecular formula is C16H13FN4O2S. The smallest absolute Gasteiger partial charge is 0.265 e. The Morgan fingerprint density at radius 3 is 2.79 bits per heavy atom. The zero-order valence-electron chi connectivity index (χ0n) is 12.4. The fourth-order valence-corrected chi connectivity index (χ4v) is 2.54. The third-order valence-corrected chi connectivity index (χ3v) is 3.74. The van der Waals surface area contributed by atoms with Crippen LogP contribution in [0.4, 0.5) is 4.39 Å². The fraction of sp³-hybridized carbons (Fsp3) is 0.0625. The minimum atomic E-state index is -0.460. The van der Waals surface area contributed by atoms with Crippen molar-refractivity contribution in [2.45, 2.75) is 16.8 Å². The molecule has 2 aromatic heterocycles. The van der Waals surface area contributed by atoms with Gasteiger partial charge in [-0.1, -0.05) is 6.07 Å². The molecule has 2 heterocycles. The number of nitrogens with zero attached hydrogens (tertiary/aromatic N) is 2. The van der Waals surface area contributed by atoms with E-state index in [-0.39, 0.29) is 12.1 Å². The molecule has 0 aliphatic carbocycles. The van der Waals surface area contributed by atoms with Gasteiger partial charge in [0.1, 0.15) is 11.6 Å². The van der Waals surface area contributed by atoms with Crippen LogP contribution < -0.4 is 10.9 Å². The van der Waals surface area contributed by atoms with Crippen molar-refractivity contribution in [3.05, 3.63) is 72.0 Å². The van der Waals surface area contributed by atoms with E-state index >= 15 is 0 Å². The molecule has 0 aliphatic rings. The van der Waals surface area contributed by atoms with Gasteiger partial charge in [-0.2, -0.15) is 0 Å². The molecule has 0 fully saturated rings. The Morgan fingerprint density at radius 1 is 1.17 bits per heavy atom. The van der Waals surface area contributed by atoms with Crippen molar-refractivity contribution in [2.75, 3.05) is 0 Å². The molecule has 0 spiro atoms. The van der Waals surface area contributed by atoms with Crippen molar-refractivity contribution in [3.8, 4) is 0 Å². The fourth-order valence-electron chi connectivity index (χ4n) is 1.85. The molecule has 6 nitrogen and oxygen atoms in total. The minimum absolute atomic E-state index is 0.236. The van der Waals surface area contributed by atoms with Crippen molar-refractivity contribution in [2.24, 2.45) is 0 Å². The molecule has 0 saturated heterocycles. The first kappa shape index (κ1) is 16.2. The molecule has 24 heavy (non-hydrogen) atoms. The van der Waals surface area contributed by atoms with E-state index in [2.05, 4.69) is 20.8 Å². The number of hydrazine groups is 1. The summed E-state index contributed by atoms with van der Waals surface area (Å²) in [6.45, 7) is 0.289. The zero-order valence-corrected chi connectivity index (χ0v) is 13.2. The van der Waals surface area contributed by atoms with Crippen LogP contribution in [0.1, 0.15) is 16.1 Å². The van der Waals surface area contributed by atoms with Crippen LogP contribution in [0.15, 0.2) is 69.5 Å². The van der Waals surface area contributed by atoms with Gasteiger partial charge < -0.3 is 4.42 Å². The molecule has 0 unspecified atom stereocenters. The highest BCUT2D eigenvalue weighted by Crippen LogP contribution is 2.25. The van der Waals surface area contributed by atoms with E-state index in [9.17, 15) is 9.18 Å². The van der Waals surface area contributed by atoms with Gasteiger partial charge in [-0.05, 0) is 48.2 Å². The Bertz CT molecular complexity index is 826. The monoisotopic (exact) mass is 344 g/mol. The molecule has 2 N–H and O–H groups in total. The molecule has 0 radical (unpaired) electrons. The maximum atomic E-state index is 13.1. The number of furan rings is 1. The van der Waals surface area contributed by atoms with Crippen molar-refractivity contribution >= 4 is 17.7 Å². The summed E-state index contributed by atoms with van der Waals surface area (Å²) in [5, 5.41) is 1.24. The SMILES string of the molecule is O=C(NNCc1ccc(Sc2ncccn2)o1)c1cccc(F)c1. The molecule has 0 aliphatic heterocycles. The average molecular weight is 344 g/mol. The van der Waals surface area contributed by atoms with Crippen molar-refractivity contribution in [1.82, 2.24) is 20.8 Å². The maximum absolute atomic E-state index is 13.1. The number of amides is 1. The quantitative estimate of drug-likeness (QED) is 0.529. The Balaban J connectivity index is 1.50. The first-order valence-electron chi connectivity index (χ1n) is 7.03. The van der Waals surface area contributed by atoms with Gasteiger partial charge in [0, 0.05) is 18.0 Å². The van der Waals surface area contributed by atoms with Gasteiger partial charge in [-0.3, -0.25) is 10.2 Å². The van der Waals surface area contributed by atoms with Crippen LogP contribution in [0.25, 0.3) is 0 Å². The molecule has 122 valence electrons. The first-order valence-corrected chi connectivity index (χ1v) is 7.85. The Morgan fingerprint density at radius 2 is 2.00 bits per heavy atom. The van der Waals surface area contributed by atoms with E-state index in [1.165, 1.54) is 36.0 Å². The van der Waals surface area contributed by atoms with E-state index in [1.807, 2.05) is 0 Å². The van der Waals surface area contributed by atoms with Crippen molar-refractivity contribution in [3.63, 3.8) is 0 Å². The number of hydrogen-bond donors (Lipinski definition) is 2. The summed E-state index contributed by atoms with van der Waals surface area (Å²) >= 11 is 1.30. The van der Waals surface area contributed by atoms with Crippen molar-refractivity contribution in [1.29, 1.82) is 0 Å². The maximum Gasteiger partial charge on any atom is 0.265 e. The highest BCUT2D eigenvalue weighted by atomic mass is 32.2. The van der Waals surface area contributed by atoms with Crippen LogP contribution in [-0.4, -0.2) is 15.9 Å². The van der Waals surface area contributed by atoms with E-state index < -0.39 is 11.7 Å². The van der Waals surface area contributed by atoms with Crippen LogP contribution >= 0.6 is 11.8 Å². The Hall–Kier alpha value is -2.71. The van der Waals surface area contributed by atoms with Gasteiger partial charge in [-0.25, -0.2) is 19.8 Å². The second kappa shape index (κ2) is 7.71. The summed E-state index contributed by atoms with van der Waals surface area (Å²) in [4.78, 5) is 20.0. The highest BCUT2D eigenvalue weighted by molar-refractivity contribution is 7.99. The number of aromatic nitrogens is 2. The summed E-state index contributed by atoms with van der Waals surface area (Å²) in [5.41, 5.74) is 5.46. The van der Waals surface area contributed by atoms with Crippen LogP contribution in [0.5, 0.6) is 0 Å². The van der Waals surface area contributed by atoms with Gasteiger partial charge >= 0.3 is 0 Å². The van der Waals surface area contributed by atoms with E-state index in [1.54, 1.807) is 30.6 Å². The third kappa shape index (κ3) is 4.40. The summed E-state index contributed by atoms with van der Waals surface area (Å²) < 4.78 is 18.7. The van der Waals surface area contributed by atoms with Gasteiger partial charge in [0.2, 0.25) is 0 Å². The third-order valence-electron chi connectivity index (χ3n) is 2.92. The number of carbonyl (C=O) groups excluding carboxylic acids is 1. The number of rotatable bonds is 6. The standard InChI is InChI=1S/C16H13FN4O2S/c17-12-4-1-3-11(9-12)15(22)21-20-10-13-5-6-14(23-13)24-16-18-7-2-8-19-16/h1-9,20H,10H2,(H,21,22). The summed E-state index contributed by atoms with van der Waals surface area (Å²) in [5.74, 6) is -0.250. The topological polar surface area (TPSA) is 80.0 Å². The number of halogens is 1. The van der Waals surface area contributed by atoms with E-state index in [0.717, 1.165) is 0 Å². The second-order valence-corrected chi connectivity index (χ2v) is 5.64. The van der Waals surface area contributed by atoms with E-state index in [4.69, 9.17) is 4.42 Å². The molecular weight excluding hydrogens is 331 g/mol. The molecule has 0 atom stereocenters. The predicted octanol–water partition coefficient (Wildman–Crippen LogP) is 2.79. The summed E-state index contributed by atoms with van der Waals surface area (Å²) in [7, 11) is 0. The highest BCUT2D eigenvalue weighted by Gasteiger charge is 2.08. The van der Waals surface area contributed by atoms with Crippen LogP contribution in [0.3, 0.4) is 0 Å². The number of nitrogens with one attached hydrogen (secondary N) is 2. The molecule has 0 bridgehead atoms. The van der Waals surface area contributed by atoms with Crippen LogP contribution in [-0.2, 0) is 6.54 Å². The molecule has 3 aromatic rings. The zero-order chi connectivity index (χ0) is 16.8. The van der Waals surface area contributed by atoms with Crippen molar-refractivity contribution < 1.29 is 13.6 Å². The van der Waals surface area contributed by atoms with Gasteiger partial charge in [0.15, 0.2) is 10.2 Å². The summed E-state index contributed by atoms with van der Waals surface area (Å²) in [6.07, 6.45) is 3.31. The lowest BCUT2D eigenvalue weighted by Crippen LogP contribution is -2.36. The molecule has 0 saturated carbocycles. The number of benzene rings is 1. The lowest BCUT2D eigenvalue weighted by atomic mass is 10.2. The molecule has 3 rings (SSSR count). The van der Waals surface area contributed by atoms with Crippen LogP contribution in [0, 0.1) is 5.82 Å².